The molecule has 0 saturated carbocycles. The molecule has 130 valence electrons. The van der Waals surface area contributed by atoms with Crippen molar-refractivity contribution in [1.29, 1.82) is 0 Å². The Morgan fingerprint density at radius 1 is 0.917 bits per heavy atom. The van der Waals surface area contributed by atoms with Crippen molar-refractivity contribution in [1.82, 2.24) is 5.32 Å². The van der Waals surface area contributed by atoms with Crippen LogP contribution < -0.4 is 14.8 Å². The van der Waals surface area contributed by atoms with Gasteiger partial charge in [0, 0.05) is 12.1 Å². The van der Waals surface area contributed by atoms with E-state index in [1.807, 2.05) is 18.2 Å². The molecule has 2 rings (SSSR count). The SMILES string of the molecule is COc1ccc(CC(C)NCCc2cc(F)cc(F)c2)cc1OC. The zero-order valence-electron chi connectivity index (χ0n) is 14.2. The quantitative estimate of drug-likeness (QED) is 0.797. The summed E-state index contributed by atoms with van der Waals surface area (Å²) >= 11 is 0. The minimum Gasteiger partial charge on any atom is -0.493 e. The second-order valence-corrected chi connectivity index (χ2v) is 5.78. The van der Waals surface area contributed by atoms with Crippen LogP contribution >= 0.6 is 0 Å². The molecule has 0 saturated heterocycles. The summed E-state index contributed by atoms with van der Waals surface area (Å²) < 4.78 is 36.8. The Labute approximate surface area is 141 Å². The van der Waals surface area contributed by atoms with Gasteiger partial charge in [-0.2, -0.15) is 0 Å². The molecule has 0 radical (unpaired) electrons. The normalized spacial score (nSPS) is 12.0. The van der Waals surface area contributed by atoms with E-state index in [-0.39, 0.29) is 6.04 Å². The van der Waals surface area contributed by atoms with Gasteiger partial charge in [0.1, 0.15) is 11.6 Å². The first-order valence-electron chi connectivity index (χ1n) is 7.91. The summed E-state index contributed by atoms with van der Waals surface area (Å²) in [5.74, 6) is 0.333. The summed E-state index contributed by atoms with van der Waals surface area (Å²) in [6, 6.07) is 9.68. The highest BCUT2D eigenvalue weighted by molar-refractivity contribution is 5.43. The van der Waals surface area contributed by atoms with Gasteiger partial charge in [-0.05, 0) is 61.7 Å². The van der Waals surface area contributed by atoms with Crippen LogP contribution in [0.3, 0.4) is 0 Å². The highest BCUT2D eigenvalue weighted by atomic mass is 19.1. The van der Waals surface area contributed by atoms with E-state index in [1.54, 1.807) is 14.2 Å². The van der Waals surface area contributed by atoms with E-state index in [2.05, 4.69) is 12.2 Å². The molecule has 5 heteroatoms. The average molecular weight is 335 g/mol. The van der Waals surface area contributed by atoms with Gasteiger partial charge in [-0.3, -0.25) is 0 Å². The molecule has 1 unspecified atom stereocenters. The molecule has 0 bridgehead atoms. The Morgan fingerprint density at radius 2 is 1.58 bits per heavy atom. The van der Waals surface area contributed by atoms with Gasteiger partial charge in [-0.15, -0.1) is 0 Å². The van der Waals surface area contributed by atoms with E-state index in [1.165, 1.54) is 12.1 Å². The van der Waals surface area contributed by atoms with Crippen molar-refractivity contribution in [2.75, 3.05) is 20.8 Å². The fraction of sp³-hybridized carbons (Fsp3) is 0.368. The second kappa shape index (κ2) is 8.64. The molecule has 2 aromatic rings. The van der Waals surface area contributed by atoms with Gasteiger partial charge >= 0.3 is 0 Å². The van der Waals surface area contributed by atoms with Crippen LogP contribution in [0.4, 0.5) is 8.78 Å². The molecule has 3 nitrogen and oxygen atoms in total. The fourth-order valence-electron chi connectivity index (χ4n) is 2.65. The lowest BCUT2D eigenvalue weighted by Crippen LogP contribution is -2.30. The van der Waals surface area contributed by atoms with Gasteiger partial charge in [0.05, 0.1) is 14.2 Å². The lowest BCUT2D eigenvalue weighted by Gasteiger charge is -2.15. The molecular weight excluding hydrogens is 312 g/mol. The Hall–Kier alpha value is -2.14. The molecule has 0 aromatic heterocycles. The molecule has 0 aliphatic heterocycles. The van der Waals surface area contributed by atoms with Crippen molar-refractivity contribution in [2.24, 2.45) is 0 Å². The number of methoxy groups -OCH3 is 2. The third-order valence-electron chi connectivity index (χ3n) is 3.82. The first kappa shape index (κ1) is 18.2. The van der Waals surface area contributed by atoms with Crippen molar-refractivity contribution < 1.29 is 18.3 Å². The third kappa shape index (κ3) is 5.20. The molecule has 24 heavy (non-hydrogen) atoms. The van der Waals surface area contributed by atoms with E-state index in [0.717, 1.165) is 18.1 Å². The smallest absolute Gasteiger partial charge is 0.160 e. The van der Waals surface area contributed by atoms with Crippen LogP contribution in [-0.2, 0) is 12.8 Å². The van der Waals surface area contributed by atoms with E-state index in [0.29, 0.717) is 30.0 Å². The van der Waals surface area contributed by atoms with Gasteiger partial charge in [-0.1, -0.05) is 6.07 Å². The van der Waals surface area contributed by atoms with Crippen molar-refractivity contribution in [3.63, 3.8) is 0 Å². The van der Waals surface area contributed by atoms with Crippen LogP contribution in [0.25, 0.3) is 0 Å². The Kier molecular flexibility index (Phi) is 6.55. The number of halogens is 2. The van der Waals surface area contributed by atoms with E-state index >= 15 is 0 Å². The van der Waals surface area contributed by atoms with Crippen molar-refractivity contribution >= 4 is 0 Å². The topological polar surface area (TPSA) is 30.5 Å². The first-order valence-corrected chi connectivity index (χ1v) is 7.91. The summed E-state index contributed by atoms with van der Waals surface area (Å²) in [4.78, 5) is 0. The molecule has 0 spiro atoms. The van der Waals surface area contributed by atoms with Gasteiger partial charge in [0.2, 0.25) is 0 Å². The van der Waals surface area contributed by atoms with Gasteiger partial charge < -0.3 is 14.8 Å². The molecule has 0 amide bonds. The highest BCUT2D eigenvalue weighted by Crippen LogP contribution is 2.27. The maximum absolute atomic E-state index is 13.2. The highest BCUT2D eigenvalue weighted by Gasteiger charge is 2.08. The minimum atomic E-state index is -0.539. The lowest BCUT2D eigenvalue weighted by atomic mass is 10.1. The van der Waals surface area contributed by atoms with Crippen LogP contribution in [0.1, 0.15) is 18.1 Å². The molecular formula is C19H23F2NO2. The van der Waals surface area contributed by atoms with Crippen molar-refractivity contribution in [2.45, 2.75) is 25.8 Å². The van der Waals surface area contributed by atoms with Crippen molar-refractivity contribution in [3.8, 4) is 11.5 Å². The van der Waals surface area contributed by atoms with Crippen molar-refractivity contribution in [3.05, 3.63) is 59.2 Å². The van der Waals surface area contributed by atoms with Crippen LogP contribution in [0.5, 0.6) is 11.5 Å². The van der Waals surface area contributed by atoms with E-state index in [4.69, 9.17) is 9.47 Å². The predicted octanol–water partition coefficient (Wildman–Crippen LogP) is 3.75. The van der Waals surface area contributed by atoms with E-state index in [9.17, 15) is 8.78 Å². The Bertz CT molecular complexity index is 656. The minimum absolute atomic E-state index is 0.224. The van der Waals surface area contributed by atoms with Gasteiger partial charge in [0.25, 0.3) is 0 Å². The monoisotopic (exact) mass is 335 g/mol. The van der Waals surface area contributed by atoms with Crippen LogP contribution in [-0.4, -0.2) is 26.8 Å². The number of hydrogen-bond donors (Lipinski definition) is 1. The molecule has 0 aliphatic rings. The zero-order valence-corrected chi connectivity index (χ0v) is 14.2. The van der Waals surface area contributed by atoms with Gasteiger partial charge in [0.15, 0.2) is 11.5 Å². The number of ether oxygens (including phenoxy) is 2. The average Bonchev–Trinajstić information content (AvgIpc) is 2.53. The summed E-state index contributed by atoms with van der Waals surface area (Å²) in [6.45, 7) is 2.72. The van der Waals surface area contributed by atoms with Crippen LogP contribution in [0.15, 0.2) is 36.4 Å². The maximum Gasteiger partial charge on any atom is 0.160 e. The molecule has 0 aliphatic carbocycles. The lowest BCUT2D eigenvalue weighted by molar-refractivity contribution is 0.354. The second-order valence-electron chi connectivity index (χ2n) is 5.78. The van der Waals surface area contributed by atoms with Crippen LogP contribution in [0.2, 0.25) is 0 Å². The molecule has 1 N–H and O–H groups in total. The number of hydrogen-bond acceptors (Lipinski definition) is 3. The zero-order chi connectivity index (χ0) is 17.5. The maximum atomic E-state index is 13.2. The molecule has 2 aromatic carbocycles. The molecule has 0 fully saturated rings. The number of nitrogens with one attached hydrogen (secondary N) is 1. The fourth-order valence-corrected chi connectivity index (χ4v) is 2.65. The molecule has 1 atom stereocenters. The standard InChI is InChI=1S/C19H23F2NO2/c1-13(8-14-4-5-18(23-2)19(11-14)24-3)22-7-6-15-9-16(20)12-17(21)10-15/h4-5,9-13,22H,6-8H2,1-3H3. The number of rotatable bonds is 8. The summed E-state index contributed by atoms with van der Waals surface area (Å²) in [6.07, 6.45) is 1.39. The third-order valence-corrected chi connectivity index (χ3v) is 3.82. The van der Waals surface area contributed by atoms with E-state index < -0.39 is 11.6 Å². The van der Waals surface area contributed by atoms with Crippen LogP contribution in [0, 0.1) is 11.6 Å². The summed E-state index contributed by atoms with van der Waals surface area (Å²) in [5, 5.41) is 3.37. The first-order chi connectivity index (χ1) is 11.5. The number of benzene rings is 2. The van der Waals surface area contributed by atoms with Gasteiger partial charge in [-0.25, -0.2) is 8.78 Å². The molecule has 0 heterocycles. The summed E-state index contributed by atoms with van der Waals surface area (Å²) in [7, 11) is 3.22. The Morgan fingerprint density at radius 3 is 2.21 bits per heavy atom. The Balaban J connectivity index is 1.86. The summed E-state index contributed by atoms with van der Waals surface area (Å²) in [5.41, 5.74) is 1.78. The largest absolute Gasteiger partial charge is 0.493 e. The predicted molar refractivity (Wildman–Crippen MR) is 90.8 cm³/mol.